The Morgan fingerprint density at radius 3 is 2.38 bits per heavy atom. The molecule has 1 aliphatic rings. The molecule has 1 atom stereocenters. The number of phenols is 1. The van der Waals surface area contributed by atoms with Crippen molar-refractivity contribution in [2.75, 3.05) is 39.8 Å². The lowest BCUT2D eigenvalue weighted by atomic mass is 9.73. The third-order valence-electron chi connectivity index (χ3n) is 9.33. The number of aromatic amines is 1. The predicted octanol–water partition coefficient (Wildman–Crippen LogP) is 3.60. The number of likely N-dealkylation sites (tertiary alicyclic amines) is 1. The Morgan fingerprint density at radius 1 is 0.979 bits per heavy atom. The van der Waals surface area contributed by atoms with Gasteiger partial charge < -0.3 is 35.4 Å². The van der Waals surface area contributed by atoms with E-state index in [0.29, 0.717) is 74.8 Å². The fraction of sp³-hybridized carbons (Fsp3) is 0.351. The summed E-state index contributed by atoms with van der Waals surface area (Å²) in [5.41, 5.74) is 1.83. The molecule has 1 fully saturated rings. The van der Waals surface area contributed by atoms with Crippen LogP contribution in [0.3, 0.4) is 0 Å². The number of rotatable bonds is 13. The minimum absolute atomic E-state index is 0.00387. The standard InChI is InChI=1S/C37H42N4O7/c1-40(21-5-20-38-24-31(43)28-13-15-30(42)34-29(28)14-16-32(44)39-34)35(46)26-11-8-25(9-12-26)10-17-33(45)41-22-18-37(19-23-41,36(47)48)27-6-3-2-4-7-27/h2-4,6-9,11-16,31,38,42-43H,5,10,17-24H2,1H3,(H,39,44)(H,47,48)/t31-/m0/s1. The lowest BCUT2D eigenvalue weighted by Crippen LogP contribution is -2.49. The van der Waals surface area contributed by atoms with Crippen molar-refractivity contribution in [3.63, 3.8) is 0 Å². The fourth-order valence-electron chi connectivity index (χ4n) is 6.41. The van der Waals surface area contributed by atoms with E-state index in [1.807, 2.05) is 42.5 Å². The van der Waals surface area contributed by atoms with Crippen molar-refractivity contribution in [1.29, 1.82) is 0 Å². The van der Waals surface area contributed by atoms with E-state index in [4.69, 9.17) is 0 Å². The third kappa shape index (κ3) is 7.75. The van der Waals surface area contributed by atoms with Gasteiger partial charge in [0.1, 0.15) is 5.75 Å². The van der Waals surface area contributed by atoms with Crippen molar-refractivity contribution < 1.29 is 29.7 Å². The number of nitrogens with zero attached hydrogens (tertiary/aromatic N) is 2. The monoisotopic (exact) mass is 654 g/mol. The number of fused-ring (bicyclic) bond motifs is 1. The number of carbonyl (C=O) groups excluding carboxylic acids is 2. The Hall–Kier alpha value is -5.00. The van der Waals surface area contributed by atoms with Crippen molar-refractivity contribution in [2.45, 2.75) is 43.6 Å². The van der Waals surface area contributed by atoms with Crippen LogP contribution in [-0.4, -0.2) is 87.7 Å². The number of hydrogen-bond acceptors (Lipinski definition) is 7. The summed E-state index contributed by atoms with van der Waals surface area (Å²) < 4.78 is 0. The van der Waals surface area contributed by atoms with Crippen LogP contribution >= 0.6 is 0 Å². The highest BCUT2D eigenvalue weighted by Crippen LogP contribution is 2.36. The summed E-state index contributed by atoms with van der Waals surface area (Å²) in [7, 11) is 1.74. The van der Waals surface area contributed by atoms with E-state index in [-0.39, 0.29) is 35.2 Å². The molecule has 252 valence electrons. The number of pyridine rings is 1. The van der Waals surface area contributed by atoms with Crippen molar-refractivity contribution >= 4 is 28.7 Å². The third-order valence-corrected chi connectivity index (χ3v) is 9.33. The van der Waals surface area contributed by atoms with E-state index < -0.39 is 17.5 Å². The van der Waals surface area contributed by atoms with E-state index in [0.717, 1.165) is 11.1 Å². The average molecular weight is 655 g/mol. The molecule has 0 radical (unpaired) electrons. The zero-order chi connectivity index (χ0) is 34.3. The first-order chi connectivity index (χ1) is 23.1. The van der Waals surface area contributed by atoms with Crippen LogP contribution < -0.4 is 10.9 Å². The second kappa shape index (κ2) is 15.3. The molecule has 2 amide bonds. The summed E-state index contributed by atoms with van der Waals surface area (Å²) in [6, 6.07) is 22.5. The quantitative estimate of drug-likeness (QED) is 0.137. The molecule has 0 bridgehead atoms. The van der Waals surface area contributed by atoms with E-state index in [2.05, 4.69) is 10.3 Å². The van der Waals surface area contributed by atoms with Crippen molar-refractivity contribution in [2.24, 2.45) is 0 Å². The van der Waals surface area contributed by atoms with Crippen LogP contribution in [0.25, 0.3) is 10.9 Å². The van der Waals surface area contributed by atoms with Crippen LogP contribution in [0.1, 0.15) is 58.8 Å². The lowest BCUT2D eigenvalue weighted by Gasteiger charge is -2.39. The minimum atomic E-state index is -0.971. The highest BCUT2D eigenvalue weighted by molar-refractivity contribution is 5.94. The smallest absolute Gasteiger partial charge is 0.314 e. The molecule has 1 aromatic heterocycles. The van der Waals surface area contributed by atoms with Crippen molar-refractivity contribution in [3.8, 4) is 5.75 Å². The number of piperidine rings is 1. The minimum Gasteiger partial charge on any atom is -0.506 e. The summed E-state index contributed by atoms with van der Waals surface area (Å²) in [5, 5.41) is 34.6. The van der Waals surface area contributed by atoms with Crippen LogP contribution in [0.2, 0.25) is 0 Å². The number of carboxylic acid groups (broad SMARTS) is 1. The molecule has 0 spiro atoms. The fourth-order valence-corrected chi connectivity index (χ4v) is 6.41. The molecule has 0 aliphatic carbocycles. The van der Waals surface area contributed by atoms with Gasteiger partial charge in [-0.3, -0.25) is 19.2 Å². The Morgan fingerprint density at radius 2 is 1.69 bits per heavy atom. The number of carbonyl (C=O) groups is 3. The maximum atomic E-state index is 13.0. The zero-order valence-electron chi connectivity index (χ0n) is 27.0. The second-order valence-corrected chi connectivity index (χ2v) is 12.4. The summed E-state index contributed by atoms with van der Waals surface area (Å²) >= 11 is 0. The number of hydrogen-bond donors (Lipinski definition) is 5. The Bertz CT molecular complexity index is 1800. The normalized spacial score (nSPS) is 14.8. The largest absolute Gasteiger partial charge is 0.506 e. The number of aromatic nitrogens is 1. The van der Waals surface area contributed by atoms with Gasteiger partial charge in [-0.1, -0.05) is 48.5 Å². The molecule has 5 N–H and O–H groups in total. The Labute approximate surface area is 278 Å². The van der Waals surface area contributed by atoms with E-state index in [1.54, 1.807) is 41.1 Å². The van der Waals surface area contributed by atoms with Crippen LogP contribution in [-0.2, 0) is 21.4 Å². The first-order valence-electron chi connectivity index (χ1n) is 16.2. The zero-order valence-corrected chi connectivity index (χ0v) is 27.0. The predicted molar refractivity (Wildman–Crippen MR) is 182 cm³/mol. The number of carboxylic acids is 1. The SMILES string of the molecule is CN(CCCNC[C@H](O)c1ccc(O)c2[nH]c(=O)ccc12)C(=O)c1ccc(CCC(=O)N2CCC(C(=O)O)(c3ccccc3)CC2)cc1. The van der Waals surface area contributed by atoms with Gasteiger partial charge in [0.05, 0.1) is 17.0 Å². The van der Waals surface area contributed by atoms with Gasteiger partial charge in [-0.05, 0) is 73.2 Å². The first kappa shape index (κ1) is 34.3. The van der Waals surface area contributed by atoms with Gasteiger partial charge in [0.25, 0.3) is 5.91 Å². The van der Waals surface area contributed by atoms with Gasteiger partial charge in [0, 0.05) is 56.7 Å². The average Bonchev–Trinajstić information content (AvgIpc) is 3.10. The number of aliphatic hydroxyl groups is 1. The van der Waals surface area contributed by atoms with Crippen LogP contribution in [0, 0.1) is 0 Å². The number of aryl methyl sites for hydroxylation is 1. The molecule has 11 nitrogen and oxygen atoms in total. The van der Waals surface area contributed by atoms with Gasteiger partial charge in [-0.15, -0.1) is 0 Å². The number of aliphatic hydroxyl groups excluding tert-OH is 1. The van der Waals surface area contributed by atoms with Crippen molar-refractivity contribution in [3.05, 3.63) is 111 Å². The highest BCUT2D eigenvalue weighted by atomic mass is 16.4. The molecule has 11 heteroatoms. The molecule has 1 aliphatic heterocycles. The van der Waals surface area contributed by atoms with E-state index in [1.165, 1.54) is 12.1 Å². The number of benzene rings is 3. The maximum Gasteiger partial charge on any atom is 0.314 e. The summed E-state index contributed by atoms with van der Waals surface area (Å²) in [6.07, 6.45) is 1.39. The van der Waals surface area contributed by atoms with Gasteiger partial charge in [-0.25, -0.2) is 0 Å². The van der Waals surface area contributed by atoms with Gasteiger partial charge in [0.15, 0.2) is 0 Å². The van der Waals surface area contributed by atoms with E-state index in [9.17, 15) is 34.5 Å². The molecule has 0 saturated carbocycles. The maximum absolute atomic E-state index is 13.0. The molecule has 1 saturated heterocycles. The highest BCUT2D eigenvalue weighted by Gasteiger charge is 2.43. The van der Waals surface area contributed by atoms with Gasteiger partial charge in [0.2, 0.25) is 11.5 Å². The molecule has 3 aromatic carbocycles. The number of amides is 2. The summed E-state index contributed by atoms with van der Waals surface area (Å²) in [5.74, 6) is -1.03. The van der Waals surface area contributed by atoms with Gasteiger partial charge >= 0.3 is 5.97 Å². The summed E-state index contributed by atoms with van der Waals surface area (Å²) in [6.45, 7) is 2.12. The molecular formula is C37H42N4O7. The number of H-pyrrole nitrogens is 1. The molecular weight excluding hydrogens is 612 g/mol. The lowest BCUT2D eigenvalue weighted by molar-refractivity contribution is -0.148. The number of nitrogens with one attached hydrogen (secondary N) is 2. The number of phenolic OH excluding ortho intramolecular Hbond substituents is 1. The summed E-state index contributed by atoms with van der Waals surface area (Å²) in [4.78, 5) is 55.8. The van der Waals surface area contributed by atoms with Gasteiger partial charge in [-0.2, -0.15) is 0 Å². The van der Waals surface area contributed by atoms with E-state index >= 15 is 0 Å². The number of aliphatic carboxylic acids is 1. The van der Waals surface area contributed by atoms with Crippen LogP contribution in [0.5, 0.6) is 5.75 Å². The number of aromatic hydroxyl groups is 1. The molecule has 4 aromatic rings. The topological polar surface area (TPSA) is 163 Å². The molecule has 2 heterocycles. The molecule has 5 rings (SSSR count). The first-order valence-corrected chi connectivity index (χ1v) is 16.2. The second-order valence-electron chi connectivity index (χ2n) is 12.4. The van der Waals surface area contributed by atoms with Crippen LogP contribution in [0.4, 0.5) is 0 Å². The molecule has 48 heavy (non-hydrogen) atoms. The van der Waals surface area contributed by atoms with Crippen molar-refractivity contribution in [1.82, 2.24) is 20.1 Å². The Kier molecular flexibility index (Phi) is 10.9. The Balaban J connectivity index is 1.03. The molecule has 0 unspecified atom stereocenters. The van der Waals surface area contributed by atoms with Crippen LogP contribution in [0.15, 0.2) is 83.7 Å².